The zero-order chi connectivity index (χ0) is 8.10. The van der Waals surface area contributed by atoms with E-state index in [9.17, 15) is 0 Å². The number of rotatable bonds is 3. The second kappa shape index (κ2) is 5.04. The molecule has 1 fully saturated rings. The maximum atomic E-state index is 5.48. The summed E-state index contributed by atoms with van der Waals surface area (Å²) < 4.78 is 15.8. The van der Waals surface area contributed by atoms with Crippen molar-refractivity contribution >= 4 is 9.47 Å². The fourth-order valence-electron chi connectivity index (χ4n) is 1.02. The summed E-state index contributed by atoms with van der Waals surface area (Å²) in [6, 6.07) is 0. The van der Waals surface area contributed by atoms with Crippen LogP contribution in [0.4, 0.5) is 0 Å². The Morgan fingerprint density at radius 1 is 1.36 bits per heavy atom. The average Bonchev–Trinajstić information content (AvgIpc) is 2.07. The lowest BCUT2D eigenvalue weighted by molar-refractivity contribution is -0.141. The molecule has 0 N–H and O–H groups in total. The number of ether oxygens (including phenoxy) is 2. The highest BCUT2D eigenvalue weighted by Crippen LogP contribution is 2.10. The Balaban J connectivity index is 2.14. The van der Waals surface area contributed by atoms with Gasteiger partial charge in [-0.2, -0.15) is 0 Å². The van der Waals surface area contributed by atoms with Crippen LogP contribution in [0, 0.1) is 0 Å². The van der Waals surface area contributed by atoms with Gasteiger partial charge in [0.05, 0.1) is 25.9 Å². The van der Waals surface area contributed by atoms with Crippen molar-refractivity contribution in [3.05, 3.63) is 0 Å². The monoisotopic (exact) mass is 178 g/mol. The normalized spacial score (nSPS) is 32.2. The van der Waals surface area contributed by atoms with Crippen LogP contribution < -0.4 is 0 Å². The first-order valence-electron chi connectivity index (χ1n) is 3.91. The molecule has 0 aromatic rings. The number of hydrogen-bond acceptors (Lipinski definition) is 3. The largest absolute Gasteiger partial charge is 0.373 e. The standard InChI is InChI=1S/C7H15O3P/c1-2-6-3-9-7(4-8-6)5-10-11/h6-7H,2-5,11H2,1H3. The van der Waals surface area contributed by atoms with Gasteiger partial charge in [-0.15, -0.1) is 0 Å². The van der Waals surface area contributed by atoms with Crippen LogP contribution in [-0.2, 0) is 14.0 Å². The van der Waals surface area contributed by atoms with Crippen LogP contribution in [0.25, 0.3) is 0 Å². The summed E-state index contributed by atoms with van der Waals surface area (Å²) in [7, 11) is 2.21. The van der Waals surface area contributed by atoms with Crippen molar-refractivity contribution < 1.29 is 14.0 Å². The van der Waals surface area contributed by atoms with E-state index in [1.165, 1.54) is 0 Å². The average molecular weight is 178 g/mol. The van der Waals surface area contributed by atoms with Crippen LogP contribution >= 0.6 is 9.47 Å². The molecule has 0 spiro atoms. The summed E-state index contributed by atoms with van der Waals surface area (Å²) in [6.07, 6.45) is 1.43. The summed E-state index contributed by atoms with van der Waals surface area (Å²) in [5.41, 5.74) is 0. The van der Waals surface area contributed by atoms with E-state index in [-0.39, 0.29) is 12.2 Å². The van der Waals surface area contributed by atoms with Crippen molar-refractivity contribution in [3.63, 3.8) is 0 Å². The van der Waals surface area contributed by atoms with E-state index in [1.807, 2.05) is 0 Å². The van der Waals surface area contributed by atoms with Gasteiger partial charge >= 0.3 is 0 Å². The minimum atomic E-state index is 0.121. The molecule has 3 atom stereocenters. The Labute approximate surface area is 69.7 Å². The summed E-state index contributed by atoms with van der Waals surface area (Å²) in [5, 5.41) is 0. The molecule has 1 heterocycles. The molecule has 0 aromatic heterocycles. The fraction of sp³-hybridized carbons (Fsp3) is 1.00. The zero-order valence-corrected chi connectivity index (χ0v) is 7.94. The molecule has 0 bridgehead atoms. The zero-order valence-electron chi connectivity index (χ0n) is 6.79. The van der Waals surface area contributed by atoms with Gasteiger partial charge in [-0.25, -0.2) is 0 Å². The molecule has 11 heavy (non-hydrogen) atoms. The topological polar surface area (TPSA) is 27.7 Å². The third-order valence-electron chi connectivity index (χ3n) is 1.77. The lowest BCUT2D eigenvalue weighted by atomic mass is 10.2. The Kier molecular flexibility index (Phi) is 4.31. The molecular formula is C7H15O3P. The lowest BCUT2D eigenvalue weighted by Crippen LogP contribution is -2.37. The van der Waals surface area contributed by atoms with Gasteiger partial charge in [-0.05, 0) is 6.42 Å². The Hall–Kier alpha value is 0.310. The molecule has 0 saturated carbocycles. The van der Waals surface area contributed by atoms with E-state index in [4.69, 9.17) is 14.0 Å². The highest BCUT2D eigenvalue weighted by atomic mass is 31.0. The molecule has 1 aliphatic rings. The Morgan fingerprint density at radius 2 is 2.00 bits per heavy atom. The van der Waals surface area contributed by atoms with Crippen LogP contribution in [-0.4, -0.2) is 32.0 Å². The third-order valence-corrected chi connectivity index (χ3v) is 1.97. The van der Waals surface area contributed by atoms with Gasteiger partial charge in [0.2, 0.25) is 0 Å². The molecule has 1 rings (SSSR count). The van der Waals surface area contributed by atoms with Crippen molar-refractivity contribution in [2.45, 2.75) is 25.6 Å². The van der Waals surface area contributed by atoms with Crippen molar-refractivity contribution in [1.82, 2.24) is 0 Å². The van der Waals surface area contributed by atoms with Crippen molar-refractivity contribution in [2.75, 3.05) is 19.8 Å². The van der Waals surface area contributed by atoms with Crippen molar-refractivity contribution in [2.24, 2.45) is 0 Å². The second-order valence-electron chi connectivity index (χ2n) is 2.65. The van der Waals surface area contributed by atoms with Crippen LogP contribution in [0.5, 0.6) is 0 Å². The van der Waals surface area contributed by atoms with Crippen LogP contribution in [0.2, 0.25) is 0 Å². The van der Waals surface area contributed by atoms with Gasteiger partial charge in [0.25, 0.3) is 0 Å². The van der Waals surface area contributed by atoms with E-state index in [0.29, 0.717) is 19.8 Å². The summed E-state index contributed by atoms with van der Waals surface area (Å²) in [4.78, 5) is 0. The Morgan fingerprint density at radius 3 is 2.45 bits per heavy atom. The molecule has 3 nitrogen and oxygen atoms in total. The first-order valence-corrected chi connectivity index (χ1v) is 4.38. The fourth-order valence-corrected chi connectivity index (χ4v) is 1.24. The minimum Gasteiger partial charge on any atom is -0.373 e. The number of hydrogen-bond donors (Lipinski definition) is 0. The SMILES string of the molecule is CCC1COC(COP)CO1. The molecule has 1 aliphatic heterocycles. The highest BCUT2D eigenvalue weighted by Gasteiger charge is 2.20. The molecule has 0 aromatic carbocycles. The first kappa shape index (κ1) is 9.40. The lowest BCUT2D eigenvalue weighted by Gasteiger charge is -2.28. The molecule has 66 valence electrons. The van der Waals surface area contributed by atoms with E-state index in [0.717, 1.165) is 6.42 Å². The smallest absolute Gasteiger partial charge is 0.105 e. The van der Waals surface area contributed by atoms with Crippen molar-refractivity contribution in [3.8, 4) is 0 Å². The van der Waals surface area contributed by atoms with E-state index in [1.54, 1.807) is 0 Å². The summed E-state index contributed by atoms with van der Waals surface area (Å²) in [6.45, 7) is 4.06. The first-order chi connectivity index (χ1) is 5.36. The van der Waals surface area contributed by atoms with Gasteiger partial charge < -0.3 is 14.0 Å². The van der Waals surface area contributed by atoms with E-state index in [2.05, 4.69) is 16.4 Å². The third kappa shape index (κ3) is 3.04. The van der Waals surface area contributed by atoms with Crippen LogP contribution in [0.1, 0.15) is 13.3 Å². The van der Waals surface area contributed by atoms with Crippen molar-refractivity contribution in [1.29, 1.82) is 0 Å². The minimum absolute atomic E-state index is 0.121. The summed E-state index contributed by atoms with van der Waals surface area (Å²) >= 11 is 0. The van der Waals surface area contributed by atoms with E-state index >= 15 is 0 Å². The van der Waals surface area contributed by atoms with Gasteiger partial charge in [0.15, 0.2) is 0 Å². The highest BCUT2D eigenvalue weighted by molar-refractivity contribution is 7.09. The van der Waals surface area contributed by atoms with E-state index < -0.39 is 0 Å². The molecule has 3 unspecified atom stereocenters. The van der Waals surface area contributed by atoms with Crippen LogP contribution in [0.15, 0.2) is 0 Å². The van der Waals surface area contributed by atoms with Crippen LogP contribution in [0.3, 0.4) is 0 Å². The quantitative estimate of drug-likeness (QED) is 0.603. The molecule has 0 radical (unpaired) electrons. The molecular weight excluding hydrogens is 163 g/mol. The van der Waals surface area contributed by atoms with Gasteiger partial charge in [0, 0.05) is 9.47 Å². The Bertz CT molecular complexity index is 102. The van der Waals surface area contributed by atoms with Gasteiger partial charge in [0.1, 0.15) is 6.10 Å². The van der Waals surface area contributed by atoms with Gasteiger partial charge in [-0.1, -0.05) is 6.92 Å². The maximum Gasteiger partial charge on any atom is 0.105 e. The summed E-state index contributed by atoms with van der Waals surface area (Å²) in [5.74, 6) is 0. The second-order valence-corrected chi connectivity index (χ2v) is 2.99. The molecule has 4 heteroatoms. The predicted molar refractivity (Wildman–Crippen MR) is 45.4 cm³/mol. The predicted octanol–water partition coefficient (Wildman–Crippen LogP) is 0.987. The molecule has 1 saturated heterocycles. The maximum absolute atomic E-state index is 5.48. The molecule has 0 aliphatic carbocycles. The van der Waals surface area contributed by atoms with Gasteiger partial charge in [-0.3, -0.25) is 0 Å². The molecule has 0 amide bonds.